The lowest BCUT2D eigenvalue weighted by Gasteiger charge is -2.36. The highest BCUT2D eigenvalue weighted by Gasteiger charge is 2.26. The highest BCUT2D eigenvalue weighted by molar-refractivity contribution is 5.37. The van der Waals surface area contributed by atoms with E-state index in [2.05, 4.69) is 18.7 Å². The van der Waals surface area contributed by atoms with Crippen LogP contribution < -0.4 is 10.6 Å². The van der Waals surface area contributed by atoms with Crippen LogP contribution in [0.5, 0.6) is 0 Å². The smallest absolute Gasteiger partial charge is 0.195 e. The average molecular weight is 208 g/mol. The maximum atomic E-state index is 5.64. The maximum Gasteiger partial charge on any atom is 0.195 e. The number of anilines is 1. The van der Waals surface area contributed by atoms with Gasteiger partial charge in [-0.1, -0.05) is 13.8 Å². The van der Waals surface area contributed by atoms with E-state index < -0.39 is 0 Å². The predicted octanol–water partition coefficient (Wildman–Crippen LogP) is 2.36. The first-order valence-electron chi connectivity index (χ1n) is 5.64. The van der Waals surface area contributed by atoms with E-state index in [-0.39, 0.29) is 0 Å². The van der Waals surface area contributed by atoms with E-state index >= 15 is 0 Å². The summed E-state index contributed by atoms with van der Waals surface area (Å²) in [6.07, 6.45) is 2.46. The third kappa shape index (κ3) is 2.34. The van der Waals surface area contributed by atoms with Gasteiger partial charge in [-0.25, -0.2) is 0 Å². The van der Waals surface area contributed by atoms with Gasteiger partial charge in [0.1, 0.15) is 5.76 Å². The van der Waals surface area contributed by atoms with Gasteiger partial charge in [0.05, 0.1) is 6.54 Å². The van der Waals surface area contributed by atoms with Gasteiger partial charge >= 0.3 is 0 Å². The van der Waals surface area contributed by atoms with E-state index in [1.165, 1.54) is 12.8 Å². The Bertz CT molecular complexity index is 320. The van der Waals surface area contributed by atoms with Crippen molar-refractivity contribution < 1.29 is 4.42 Å². The average Bonchev–Trinajstić information content (AvgIpc) is 2.66. The zero-order chi connectivity index (χ0) is 10.9. The van der Waals surface area contributed by atoms with Crippen molar-refractivity contribution in [1.82, 2.24) is 0 Å². The summed E-state index contributed by atoms with van der Waals surface area (Å²) < 4.78 is 5.64. The fraction of sp³-hybridized carbons (Fsp3) is 0.667. The lowest BCUT2D eigenvalue weighted by atomic mass is 9.83. The molecule has 0 aromatic carbocycles. The molecule has 0 radical (unpaired) electrons. The molecule has 2 heterocycles. The van der Waals surface area contributed by atoms with Gasteiger partial charge in [0.2, 0.25) is 0 Å². The fourth-order valence-corrected chi connectivity index (χ4v) is 1.98. The number of hydrogen-bond donors (Lipinski definition) is 1. The molecule has 2 N–H and O–H groups in total. The Balaban J connectivity index is 2.01. The van der Waals surface area contributed by atoms with Crippen molar-refractivity contribution in [2.75, 3.05) is 18.0 Å². The van der Waals surface area contributed by atoms with Crippen LogP contribution in [-0.4, -0.2) is 13.1 Å². The molecule has 15 heavy (non-hydrogen) atoms. The van der Waals surface area contributed by atoms with Crippen LogP contribution in [0.2, 0.25) is 0 Å². The standard InChI is InChI=1S/C12H20N2O/c1-12(2)5-7-14(8-6-12)11-4-3-10(9-13)15-11/h3-4H,5-9,13H2,1-2H3. The van der Waals surface area contributed by atoms with E-state index in [9.17, 15) is 0 Å². The Morgan fingerprint density at radius 3 is 2.53 bits per heavy atom. The zero-order valence-electron chi connectivity index (χ0n) is 9.62. The highest BCUT2D eigenvalue weighted by Crippen LogP contribution is 2.32. The Labute approximate surface area is 91.2 Å². The molecular formula is C12H20N2O. The van der Waals surface area contributed by atoms with Crippen LogP contribution in [0.25, 0.3) is 0 Å². The fourth-order valence-electron chi connectivity index (χ4n) is 1.98. The number of nitrogens with two attached hydrogens (primary N) is 1. The number of hydrogen-bond acceptors (Lipinski definition) is 3. The van der Waals surface area contributed by atoms with Crippen LogP contribution >= 0.6 is 0 Å². The summed E-state index contributed by atoms with van der Waals surface area (Å²) in [7, 11) is 0. The number of piperidine rings is 1. The molecule has 1 aliphatic rings. The van der Waals surface area contributed by atoms with Crippen LogP contribution in [0, 0.1) is 5.41 Å². The first-order valence-corrected chi connectivity index (χ1v) is 5.64. The molecule has 1 aliphatic heterocycles. The normalized spacial score (nSPS) is 20.6. The minimum absolute atomic E-state index is 0.485. The molecule has 1 aromatic rings. The summed E-state index contributed by atoms with van der Waals surface area (Å²) in [5.74, 6) is 1.85. The third-order valence-electron chi connectivity index (χ3n) is 3.28. The minimum atomic E-state index is 0.485. The van der Waals surface area contributed by atoms with Crippen molar-refractivity contribution in [1.29, 1.82) is 0 Å². The summed E-state index contributed by atoms with van der Waals surface area (Å²) in [6, 6.07) is 4.00. The molecule has 0 unspecified atom stereocenters. The van der Waals surface area contributed by atoms with Crippen molar-refractivity contribution in [2.45, 2.75) is 33.2 Å². The molecular weight excluding hydrogens is 188 g/mol. The minimum Gasteiger partial charge on any atom is -0.444 e. The van der Waals surface area contributed by atoms with Gasteiger partial charge in [0.15, 0.2) is 5.88 Å². The molecule has 0 spiro atoms. The second-order valence-corrected chi connectivity index (χ2v) is 5.10. The molecule has 1 saturated heterocycles. The third-order valence-corrected chi connectivity index (χ3v) is 3.28. The van der Waals surface area contributed by atoms with Crippen LogP contribution in [-0.2, 0) is 6.54 Å². The molecule has 0 saturated carbocycles. The Morgan fingerprint density at radius 1 is 1.33 bits per heavy atom. The summed E-state index contributed by atoms with van der Waals surface area (Å²) in [5, 5.41) is 0. The SMILES string of the molecule is CC1(C)CCN(c2ccc(CN)o2)CC1. The Morgan fingerprint density at radius 2 is 2.00 bits per heavy atom. The van der Waals surface area contributed by atoms with E-state index in [4.69, 9.17) is 10.2 Å². The van der Waals surface area contributed by atoms with E-state index in [0.29, 0.717) is 12.0 Å². The van der Waals surface area contributed by atoms with Crippen LogP contribution in [0.4, 0.5) is 5.88 Å². The molecule has 0 atom stereocenters. The number of rotatable bonds is 2. The first kappa shape index (κ1) is 10.6. The van der Waals surface area contributed by atoms with Gasteiger partial charge in [-0.15, -0.1) is 0 Å². The Hall–Kier alpha value is -0.960. The van der Waals surface area contributed by atoms with Gasteiger partial charge in [-0.05, 0) is 24.3 Å². The first-order chi connectivity index (χ1) is 7.11. The second-order valence-electron chi connectivity index (χ2n) is 5.10. The zero-order valence-corrected chi connectivity index (χ0v) is 9.62. The topological polar surface area (TPSA) is 42.4 Å². The van der Waals surface area contributed by atoms with Gasteiger partial charge in [0.25, 0.3) is 0 Å². The molecule has 3 heteroatoms. The van der Waals surface area contributed by atoms with E-state index in [1.807, 2.05) is 12.1 Å². The number of furan rings is 1. The lowest BCUT2D eigenvalue weighted by Crippen LogP contribution is -2.37. The maximum absolute atomic E-state index is 5.64. The summed E-state index contributed by atoms with van der Waals surface area (Å²) in [5.41, 5.74) is 6.01. The van der Waals surface area contributed by atoms with Crippen molar-refractivity contribution >= 4 is 5.88 Å². The lowest BCUT2D eigenvalue weighted by molar-refractivity contribution is 0.273. The quantitative estimate of drug-likeness (QED) is 0.811. The highest BCUT2D eigenvalue weighted by atomic mass is 16.4. The van der Waals surface area contributed by atoms with Crippen molar-refractivity contribution in [3.05, 3.63) is 17.9 Å². The molecule has 3 nitrogen and oxygen atoms in total. The van der Waals surface area contributed by atoms with Gasteiger partial charge in [0, 0.05) is 19.2 Å². The van der Waals surface area contributed by atoms with Crippen LogP contribution in [0.15, 0.2) is 16.5 Å². The largest absolute Gasteiger partial charge is 0.444 e. The van der Waals surface area contributed by atoms with E-state index in [0.717, 1.165) is 24.7 Å². The summed E-state index contributed by atoms with van der Waals surface area (Å²) >= 11 is 0. The molecule has 1 fully saturated rings. The summed E-state index contributed by atoms with van der Waals surface area (Å²) in [4.78, 5) is 2.31. The van der Waals surface area contributed by atoms with E-state index in [1.54, 1.807) is 0 Å². The summed E-state index contributed by atoms with van der Waals surface area (Å²) in [6.45, 7) is 7.32. The van der Waals surface area contributed by atoms with Crippen LogP contribution in [0.3, 0.4) is 0 Å². The Kier molecular flexibility index (Phi) is 2.74. The van der Waals surface area contributed by atoms with Gasteiger partial charge in [-0.3, -0.25) is 0 Å². The van der Waals surface area contributed by atoms with Crippen molar-refractivity contribution in [3.63, 3.8) is 0 Å². The van der Waals surface area contributed by atoms with Crippen molar-refractivity contribution in [3.8, 4) is 0 Å². The van der Waals surface area contributed by atoms with Crippen LogP contribution in [0.1, 0.15) is 32.4 Å². The molecule has 2 rings (SSSR count). The molecule has 0 bridgehead atoms. The monoisotopic (exact) mass is 208 g/mol. The second kappa shape index (κ2) is 3.89. The van der Waals surface area contributed by atoms with Crippen molar-refractivity contribution in [2.24, 2.45) is 11.1 Å². The molecule has 0 aliphatic carbocycles. The van der Waals surface area contributed by atoms with Gasteiger partial charge in [-0.2, -0.15) is 0 Å². The predicted molar refractivity (Wildman–Crippen MR) is 61.8 cm³/mol. The van der Waals surface area contributed by atoms with Gasteiger partial charge < -0.3 is 15.1 Å². The number of nitrogens with zero attached hydrogens (tertiary/aromatic N) is 1. The molecule has 1 aromatic heterocycles. The molecule has 84 valence electrons. The molecule has 0 amide bonds.